The quantitative estimate of drug-likeness (QED) is 0.310. The number of hydrogen-bond acceptors (Lipinski definition) is 4. The molecule has 8 heteroatoms. The number of aryl methyl sites for hydroxylation is 1. The standard InChI is InChI=1S/C26H24FN3O3S/c1-16-13-19(14-22-24(31)28(3)26(34)29(4)25(22)32)17(2)30(16)20-9-11-21(12-10-20)33-15-18-7-5-6-8-23(18)27/h5-14H,15H2,1-4H3. The van der Waals surface area contributed by atoms with E-state index in [0.29, 0.717) is 11.3 Å². The Labute approximate surface area is 202 Å². The molecule has 1 aromatic heterocycles. The fourth-order valence-corrected chi connectivity index (χ4v) is 4.10. The van der Waals surface area contributed by atoms with Gasteiger partial charge in [-0.2, -0.15) is 0 Å². The molecular formula is C26H24FN3O3S. The number of benzene rings is 2. The van der Waals surface area contributed by atoms with Crippen LogP contribution in [0.25, 0.3) is 11.8 Å². The summed E-state index contributed by atoms with van der Waals surface area (Å²) in [6, 6.07) is 15.9. The molecule has 1 saturated heterocycles. The number of likely N-dealkylation sites (N-methyl/N-ethyl adjacent to an activating group) is 2. The third-order valence-corrected chi connectivity index (χ3v) is 6.41. The molecule has 0 radical (unpaired) electrons. The van der Waals surface area contributed by atoms with E-state index < -0.39 is 11.8 Å². The maximum absolute atomic E-state index is 13.8. The van der Waals surface area contributed by atoms with Crippen LogP contribution in [0.15, 0.2) is 60.2 Å². The van der Waals surface area contributed by atoms with Crippen molar-refractivity contribution in [1.29, 1.82) is 0 Å². The van der Waals surface area contributed by atoms with Crippen molar-refractivity contribution in [2.75, 3.05) is 14.1 Å². The molecule has 2 amide bonds. The number of nitrogens with zero attached hydrogens (tertiary/aromatic N) is 3. The second-order valence-corrected chi connectivity index (χ2v) is 8.47. The molecule has 2 aromatic carbocycles. The van der Waals surface area contributed by atoms with E-state index in [2.05, 4.69) is 0 Å². The Morgan fingerprint density at radius 1 is 0.971 bits per heavy atom. The first-order valence-corrected chi connectivity index (χ1v) is 11.1. The molecule has 174 valence electrons. The molecule has 1 aliphatic heterocycles. The van der Waals surface area contributed by atoms with Crippen molar-refractivity contribution in [3.05, 3.63) is 88.5 Å². The summed E-state index contributed by atoms with van der Waals surface area (Å²) >= 11 is 5.15. The molecule has 2 heterocycles. The van der Waals surface area contributed by atoms with Gasteiger partial charge in [0.25, 0.3) is 11.8 Å². The first kappa shape index (κ1) is 23.4. The Kier molecular flexibility index (Phi) is 6.34. The van der Waals surface area contributed by atoms with Gasteiger partial charge >= 0.3 is 0 Å². The average Bonchev–Trinajstić information content (AvgIpc) is 3.11. The van der Waals surface area contributed by atoms with Gasteiger partial charge in [-0.15, -0.1) is 0 Å². The highest BCUT2D eigenvalue weighted by Crippen LogP contribution is 2.26. The van der Waals surface area contributed by atoms with Crippen LogP contribution in [0.1, 0.15) is 22.5 Å². The number of ether oxygens (including phenoxy) is 1. The number of amides is 2. The highest BCUT2D eigenvalue weighted by molar-refractivity contribution is 7.80. The summed E-state index contributed by atoms with van der Waals surface area (Å²) in [4.78, 5) is 27.9. The number of carbonyl (C=O) groups excluding carboxylic acids is 2. The lowest BCUT2D eigenvalue weighted by atomic mass is 10.1. The molecule has 6 nitrogen and oxygen atoms in total. The van der Waals surface area contributed by atoms with Gasteiger partial charge in [-0.05, 0) is 74.1 Å². The van der Waals surface area contributed by atoms with Crippen LogP contribution in [0, 0.1) is 19.7 Å². The molecule has 0 spiro atoms. The van der Waals surface area contributed by atoms with Crippen molar-refractivity contribution in [2.45, 2.75) is 20.5 Å². The molecule has 34 heavy (non-hydrogen) atoms. The van der Waals surface area contributed by atoms with Crippen molar-refractivity contribution < 1.29 is 18.7 Å². The number of carbonyl (C=O) groups is 2. The zero-order chi connectivity index (χ0) is 24.6. The van der Waals surface area contributed by atoms with Crippen LogP contribution in [0.3, 0.4) is 0 Å². The molecular weight excluding hydrogens is 453 g/mol. The predicted octanol–water partition coefficient (Wildman–Crippen LogP) is 4.41. The molecule has 0 bridgehead atoms. The number of aromatic nitrogens is 1. The topological polar surface area (TPSA) is 54.8 Å². The van der Waals surface area contributed by atoms with E-state index in [1.54, 1.807) is 38.4 Å². The average molecular weight is 478 g/mol. The molecule has 0 atom stereocenters. The lowest BCUT2D eigenvalue weighted by molar-refractivity contribution is -0.132. The zero-order valence-corrected chi connectivity index (χ0v) is 20.1. The molecule has 1 aliphatic rings. The lowest BCUT2D eigenvalue weighted by Gasteiger charge is -2.31. The van der Waals surface area contributed by atoms with Gasteiger partial charge in [0.15, 0.2) is 5.11 Å². The summed E-state index contributed by atoms with van der Waals surface area (Å²) in [5, 5.41) is 0.176. The maximum Gasteiger partial charge on any atom is 0.265 e. The monoisotopic (exact) mass is 477 g/mol. The molecule has 3 aromatic rings. The summed E-state index contributed by atoms with van der Waals surface area (Å²) in [5.74, 6) is -0.519. The van der Waals surface area contributed by atoms with Gasteiger partial charge in [-0.25, -0.2) is 4.39 Å². The minimum Gasteiger partial charge on any atom is -0.489 e. The molecule has 0 unspecified atom stereocenters. The van der Waals surface area contributed by atoms with Crippen LogP contribution in [0.5, 0.6) is 5.75 Å². The Bertz CT molecular complexity index is 1300. The maximum atomic E-state index is 13.8. The van der Waals surface area contributed by atoms with Crippen molar-refractivity contribution in [3.63, 3.8) is 0 Å². The van der Waals surface area contributed by atoms with Crippen molar-refractivity contribution in [1.82, 2.24) is 14.4 Å². The van der Waals surface area contributed by atoms with Gasteiger partial charge in [0.2, 0.25) is 0 Å². The first-order chi connectivity index (χ1) is 16.2. The molecule has 1 fully saturated rings. The second kappa shape index (κ2) is 9.23. The Balaban J connectivity index is 1.58. The first-order valence-electron chi connectivity index (χ1n) is 10.7. The van der Waals surface area contributed by atoms with E-state index in [1.165, 1.54) is 15.9 Å². The van der Waals surface area contributed by atoms with Crippen LogP contribution in [-0.2, 0) is 16.2 Å². The Morgan fingerprint density at radius 3 is 2.21 bits per heavy atom. The summed E-state index contributed by atoms with van der Waals surface area (Å²) in [6.45, 7) is 4.02. The highest BCUT2D eigenvalue weighted by Gasteiger charge is 2.35. The van der Waals surface area contributed by atoms with Gasteiger partial charge in [-0.1, -0.05) is 18.2 Å². The second-order valence-electron chi connectivity index (χ2n) is 8.10. The van der Waals surface area contributed by atoms with Crippen LogP contribution in [-0.4, -0.2) is 45.4 Å². The van der Waals surface area contributed by atoms with E-state index in [4.69, 9.17) is 17.0 Å². The summed E-state index contributed by atoms with van der Waals surface area (Å²) in [6.07, 6.45) is 1.62. The molecule has 0 N–H and O–H groups in total. The van der Waals surface area contributed by atoms with Gasteiger partial charge < -0.3 is 9.30 Å². The van der Waals surface area contributed by atoms with E-state index >= 15 is 0 Å². The van der Waals surface area contributed by atoms with E-state index in [-0.39, 0.29) is 23.1 Å². The Hall–Kier alpha value is -3.78. The minimum absolute atomic E-state index is 0.0655. The third-order valence-electron chi connectivity index (χ3n) is 5.86. The largest absolute Gasteiger partial charge is 0.489 e. The van der Waals surface area contributed by atoms with Gasteiger partial charge in [0.1, 0.15) is 23.7 Å². The normalized spacial score (nSPS) is 14.1. The Morgan fingerprint density at radius 2 is 1.59 bits per heavy atom. The summed E-state index contributed by atoms with van der Waals surface area (Å²) in [5.41, 5.74) is 4.04. The van der Waals surface area contributed by atoms with E-state index in [9.17, 15) is 14.0 Å². The van der Waals surface area contributed by atoms with Crippen molar-refractivity contribution in [3.8, 4) is 11.4 Å². The minimum atomic E-state index is -0.422. The lowest BCUT2D eigenvalue weighted by Crippen LogP contribution is -2.52. The van der Waals surface area contributed by atoms with Gasteiger partial charge in [0.05, 0.1) is 0 Å². The predicted molar refractivity (Wildman–Crippen MR) is 132 cm³/mol. The molecule has 4 rings (SSSR count). The molecule has 0 saturated carbocycles. The van der Waals surface area contributed by atoms with Crippen molar-refractivity contribution >= 4 is 35.2 Å². The fourth-order valence-electron chi connectivity index (χ4n) is 3.93. The summed E-state index contributed by atoms with van der Waals surface area (Å²) in [7, 11) is 3.11. The van der Waals surface area contributed by atoms with Crippen LogP contribution < -0.4 is 4.74 Å². The number of thiocarbonyl (C=S) groups is 1. The number of halogens is 1. The van der Waals surface area contributed by atoms with Crippen LogP contribution >= 0.6 is 12.2 Å². The number of hydrogen-bond donors (Lipinski definition) is 0. The van der Waals surface area contributed by atoms with Crippen LogP contribution in [0.2, 0.25) is 0 Å². The fraction of sp³-hybridized carbons (Fsp3) is 0.192. The van der Waals surface area contributed by atoms with E-state index in [1.807, 2.05) is 48.7 Å². The van der Waals surface area contributed by atoms with E-state index in [0.717, 1.165) is 22.6 Å². The third kappa shape index (κ3) is 4.24. The van der Waals surface area contributed by atoms with Gasteiger partial charge in [0, 0.05) is 36.7 Å². The van der Waals surface area contributed by atoms with Crippen molar-refractivity contribution in [2.24, 2.45) is 0 Å². The molecule has 0 aliphatic carbocycles. The van der Waals surface area contributed by atoms with Gasteiger partial charge in [-0.3, -0.25) is 19.4 Å². The summed E-state index contributed by atoms with van der Waals surface area (Å²) < 4.78 is 21.6. The number of rotatable bonds is 5. The SMILES string of the molecule is Cc1cc(C=C2C(=O)N(C)C(=S)N(C)C2=O)c(C)n1-c1ccc(OCc2ccccc2F)cc1. The van der Waals surface area contributed by atoms with Crippen LogP contribution in [0.4, 0.5) is 4.39 Å². The smallest absolute Gasteiger partial charge is 0.265 e. The zero-order valence-electron chi connectivity index (χ0n) is 19.3. The highest BCUT2D eigenvalue weighted by atomic mass is 32.1.